The lowest BCUT2D eigenvalue weighted by Crippen LogP contribution is -2.30. The number of anilines is 1. The number of benzene rings is 1. The van der Waals surface area contributed by atoms with E-state index in [0.717, 1.165) is 17.8 Å². The molecule has 1 N–H and O–H groups in total. The zero-order valence-corrected chi connectivity index (χ0v) is 11.4. The summed E-state index contributed by atoms with van der Waals surface area (Å²) < 4.78 is 0. The van der Waals surface area contributed by atoms with Crippen molar-refractivity contribution in [2.75, 3.05) is 18.0 Å². The van der Waals surface area contributed by atoms with Crippen molar-refractivity contribution in [2.24, 2.45) is 11.8 Å². The minimum atomic E-state index is -0.216. The third-order valence-electron chi connectivity index (χ3n) is 4.71. The highest BCUT2D eigenvalue weighted by molar-refractivity contribution is 5.95. The van der Waals surface area contributed by atoms with Crippen molar-refractivity contribution in [1.29, 1.82) is 0 Å². The number of rotatable bonds is 3. The van der Waals surface area contributed by atoms with Crippen LogP contribution >= 0.6 is 0 Å². The van der Waals surface area contributed by atoms with E-state index in [0.29, 0.717) is 18.4 Å². The van der Waals surface area contributed by atoms with Crippen molar-refractivity contribution in [3.63, 3.8) is 0 Å². The number of β-amino-alcohol motifs (C(OH)–C–C–N with tert-alkyl or cyclic N) is 1. The molecule has 2 aliphatic rings. The van der Waals surface area contributed by atoms with Crippen molar-refractivity contribution in [3.05, 3.63) is 29.8 Å². The lowest BCUT2D eigenvalue weighted by Gasteiger charge is -2.32. The molecule has 2 unspecified atom stereocenters. The molecule has 0 radical (unpaired) electrons. The second-order valence-corrected chi connectivity index (χ2v) is 5.93. The van der Waals surface area contributed by atoms with E-state index in [4.69, 9.17) is 0 Å². The van der Waals surface area contributed by atoms with Gasteiger partial charge in [0, 0.05) is 30.3 Å². The Bertz CT molecular complexity index is 481. The number of carbonyl (C=O) groups excluding carboxylic acids is 1. The molecule has 1 aromatic carbocycles. The van der Waals surface area contributed by atoms with Crippen LogP contribution in [0.15, 0.2) is 24.3 Å². The molecule has 1 aliphatic carbocycles. The van der Waals surface area contributed by atoms with Crippen LogP contribution in [0.25, 0.3) is 0 Å². The van der Waals surface area contributed by atoms with E-state index in [1.165, 1.54) is 19.3 Å². The van der Waals surface area contributed by atoms with Crippen LogP contribution < -0.4 is 4.90 Å². The predicted molar refractivity (Wildman–Crippen MR) is 75.5 cm³/mol. The molecule has 0 spiro atoms. The van der Waals surface area contributed by atoms with Gasteiger partial charge in [0.25, 0.3) is 0 Å². The fraction of sp³-hybridized carbons (Fsp3) is 0.562. The molecule has 2 fully saturated rings. The molecular weight excluding hydrogens is 238 g/mol. The van der Waals surface area contributed by atoms with E-state index < -0.39 is 0 Å². The van der Waals surface area contributed by atoms with Crippen molar-refractivity contribution in [3.8, 4) is 0 Å². The molecule has 102 valence electrons. The zero-order chi connectivity index (χ0) is 13.4. The van der Waals surface area contributed by atoms with E-state index in [1.54, 1.807) is 6.92 Å². The van der Waals surface area contributed by atoms with Gasteiger partial charge in [0.05, 0.1) is 6.10 Å². The number of Topliss-reactive ketones (excluding diaryl/α,β-unsaturated/α-hetero) is 1. The maximum absolute atomic E-state index is 11.4. The van der Waals surface area contributed by atoms with Gasteiger partial charge in [-0.25, -0.2) is 0 Å². The van der Waals surface area contributed by atoms with Crippen LogP contribution in [0.5, 0.6) is 0 Å². The van der Waals surface area contributed by atoms with Crippen molar-refractivity contribution >= 4 is 11.5 Å². The van der Waals surface area contributed by atoms with Crippen LogP contribution in [0.4, 0.5) is 5.69 Å². The summed E-state index contributed by atoms with van der Waals surface area (Å²) in [4.78, 5) is 13.7. The third-order valence-corrected chi connectivity index (χ3v) is 4.71. The highest BCUT2D eigenvalue weighted by atomic mass is 16.3. The Labute approximate surface area is 114 Å². The fourth-order valence-electron chi connectivity index (χ4n) is 3.28. The number of ketones is 1. The minimum Gasteiger partial charge on any atom is -0.391 e. The van der Waals surface area contributed by atoms with Crippen molar-refractivity contribution < 1.29 is 9.90 Å². The highest BCUT2D eigenvalue weighted by Crippen LogP contribution is 2.39. The largest absolute Gasteiger partial charge is 0.391 e. The molecule has 1 aliphatic heterocycles. The van der Waals surface area contributed by atoms with E-state index >= 15 is 0 Å². The van der Waals surface area contributed by atoms with E-state index in [1.807, 2.05) is 24.3 Å². The molecule has 1 heterocycles. The average molecular weight is 259 g/mol. The van der Waals surface area contributed by atoms with E-state index in [9.17, 15) is 9.90 Å². The zero-order valence-electron chi connectivity index (χ0n) is 11.4. The topological polar surface area (TPSA) is 40.5 Å². The number of aliphatic hydroxyl groups excluding tert-OH is 1. The first-order chi connectivity index (χ1) is 9.15. The molecule has 3 nitrogen and oxygen atoms in total. The van der Waals surface area contributed by atoms with E-state index in [-0.39, 0.29) is 11.9 Å². The van der Waals surface area contributed by atoms with Crippen LogP contribution in [0.1, 0.15) is 36.5 Å². The van der Waals surface area contributed by atoms with Gasteiger partial charge in [-0.1, -0.05) is 31.4 Å². The number of hydrogen-bond acceptors (Lipinski definition) is 3. The number of hydrogen-bond donors (Lipinski definition) is 1. The van der Waals surface area contributed by atoms with Gasteiger partial charge in [-0.2, -0.15) is 0 Å². The molecule has 1 saturated heterocycles. The fourth-order valence-corrected chi connectivity index (χ4v) is 3.28. The number of aliphatic hydroxyl groups is 1. The minimum absolute atomic E-state index is 0.0946. The first kappa shape index (κ1) is 12.7. The molecule has 1 aromatic rings. The Morgan fingerprint density at radius 2 is 2.11 bits per heavy atom. The van der Waals surface area contributed by atoms with Crippen LogP contribution in [0.3, 0.4) is 0 Å². The monoisotopic (exact) mass is 259 g/mol. The quantitative estimate of drug-likeness (QED) is 0.848. The summed E-state index contributed by atoms with van der Waals surface area (Å²) in [5.41, 5.74) is 1.81. The number of nitrogens with zero attached hydrogens (tertiary/aromatic N) is 1. The summed E-state index contributed by atoms with van der Waals surface area (Å²) in [5.74, 6) is 1.21. The number of carbonyl (C=O) groups is 1. The summed E-state index contributed by atoms with van der Waals surface area (Å²) >= 11 is 0. The maximum Gasteiger partial charge on any atom is 0.159 e. The average Bonchev–Trinajstić information content (AvgIpc) is 2.70. The molecular formula is C16H21NO2. The lowest BCUT2D eigenvalue weighted by molar-refractivity contribution is 0.0807. The maximum atomic E-state index is 11.4. The summed E-state index contributed by atoms with van der Waals surface area (Å²) in [7, 11) is 0. The second kappa shape index (κ2) is 4.97. The molecule has 1 saturated carbocycles. The van der Waals surface area contributed by atoms with Gasteiger partial charge < -0.3 is 10.0 Å². The molecule has 2 atom stereocenters. The Morgan fingerprint density at radius 1 is 1.32 bits per heavy atom. The molecule has 19 heavy (non-hydrogen) atoms. The molecule has 0 amide bonds. The highest BCUT2D eigenvalue weighted by Gasteiger charge is 2.39. The Kier molecular flexibility index (Phi) is 3.31. The lowest BCUT2D eigenvalue weighted by atomic mass is 9.74. The Morgan fingerprint density at radius 3 is 2.74 bits per heavy atom. The van der Waals surface area contributed by atoms with Gasteiger partial charge in [-0.15, -0.1) is 0 Å². The van der Waals surface area contributed by atoms with Crippen molar-refractivity contribution in [1.82, 2.24) is 0 Å². The second-order valence-electron chi connectivity index (χ2n) is 5.93. The van der Waals surface area contributed by atoms with Crippen LogP contribution in [-0.2, 0) is 0 Å². The van der Waals surface area contributed by atoms with Crippen LogP contribution in [0.2, 0.25) is 0 Å². The smallest absolute Gasteiger partial charge is 0.159 e. The standard InChI is InChI=1S/C16H21NO2/c1-11(18)13-6-3-7-14(8-13)17-9-15(16(19)10-17)12-4-2-5-12/h3,6-8,12,15-16,19H,2,4-5,9-10H2,1H3. The van der Waals surface area contributed by atoms with Gasteiger partial charge in [0.1, 0.15) is 0 Å². The summed E-state index contributed by atoms with van der Waals surface area (Å²) in [6, 6.07) is 7.75. The Hall–Kier alpha value is -1.35. The van der Waals surface area contributed by atoms with E-state index in [2.05, 4.69) is 4.90 Å². The van der Waals surface area contributed by atoms with Gasteiger partial charge >= 0.3 is 0 Å². The summed E-state index contributed by atoms with van der Waals surface area (Å²) in [6.45, 7) is 3.21. The third kappa shape index (κ3) is 2.39. The SMILES string of the molecule is CC(=O)c1cccc(N2CC(O)C(C3CCC3)C2)c1. The van der Waals surface area contributed by atoms with Crippen molar-refractivity contribution in [2.45, 2.75) is 32.3 Å². The first-order valence-corrected chi connectivity index (χ1v) is 7.19. The summed E-state index contributed by atoms with van der Waals surface area (Å²) in [6.07, 6.45) is 3.63. The molecule has 0 bridgehead atoms. The van der Waals surface area contributed by atoms with Gasteiger partial charge in [-0.3, -0.25) is 4.79 Å². The van der Waals surface area contributed by atoms with Gasteiger partial charge in [0.2, 0.25) is 0 Å². The van der Waals surface area contributed by atoms with Gasteiger partial charge in [-0.05, 0) is 25.0 Å². The Balaban J connectivity index is 1.76. The normalized spacial score (nSPS) is 27.4. The van der Waals surface area contributed by atoms with Crippen LogP contribution in [0, 0.1) is 11.8 Å². The predicted octanol–water partition coefficient (Wildman–Crippen LogP) is 2.49. The first-order valence-electron chi connectivity index (χ1n) is 7.19. The van der Waals surface area contributed by atoms with Crippen LogP contribution in [-0.4, -0.2) is 30.1 Å². The van der Waals surface area contributed by atoms with Gasteiger partial charge in [0.15, 0.2) is 5.78 Å². The molecule has 3 heteroatoms. The summed E-state index contributed by atoms with van der Waals surface area (Å²) in [5, 5.41) is 10.2. The molecule has 3 rings (SSSR count). The molecule has 0 aromatic heterocycles.